The van der Waals surface area contributed by atoms with Crippen molar-refractivity contribution in [2.75, 3.05) is 32.6 Å². The summed E-state index contributed by atoms with van der Waals surface area (Å²) >= 11 is 0. The Balaban J connectivity index is 1.42. The average molecular weight is 446 g/mol. The molecule has 170 valence electrons. The number of aliphatic hydroxyl groups is 1. The Morgan fingerprint density at radius 2 is 1.97 bits per heavy atom. The molecule has 0 spiro atoms. The second kappa shape index (κ2) is 8.82. The highest BCUT2D eigenvalue weighted by Crippen LogP contribution is 2.34. The maximum Gasteiger partial charge on any atom is 0.142 e. The standard InChI is InChI=1S/C25H27N5O3/c1-29-10-9-21(28-29)19-6-4-5-17-13-26-24(12-20(17)19)27-22-8-7-16(11-23(22)33-3)25(31)30-14-18(15-30)32-2/h4-13,18,25,31H,14-15H2,1-3H3,(H,26,27). The third-order valence-electron chi connectivity index (χ3n) is 6.10. The molecule has 2 aromatic heterocycles. The molecule has 1 atom stereocenters. The van der Waals surface area contributed by atoms with Gasteiger partial charge in [-0.15, -0.1) is 0 Å². The van der Waals surface area contributed by atoms with Crippen molar-refractivity contribution in [1.29, 1.82) is 0 Å². The molecule has 1 aliphatic rings. The summed E-state index contributed by atoms with van der Waals surface area (Å²) in [5.74, 6) is 1.33. The van der Waals surface area contributed by atoms with Crippen LogP contribution in [0.3, 0.4) is 0 Å². The first-order valence-electron chi connectivity index (χ1n) is 10.8. The molecule has 2 N–H and O–H groups in total. The van der Waals surface area contributed by atoms with E-state index in [0.717, 1.165) is 33.3 Å². The number of anilines is 2. The zero-order chi connectivity index (χ0) is 22.9. The summed E-state index contributed by atoms with van der Waals surface area (Å²) in [6, 6.07) is 15.8. The fraction of sp³-hybridized carbons (Fsp3) is 0.280. The van der Waals surface area contributed by atoms with E-state index in [-0.39, 0.29) is 6.10 Å². The Kier molecular flexibility index (Phi) is 5.72. The molecule has 1 unspecified atom stereocenters. The fourth-order valence-corrected chi connectivity index (χ4v) is 4.16. The Labute approximate surface area is 192 Å². The number of nitrogens with zero attached hydrogens (tertiary/aromatic N) is 4. The molecule has 1 fully saturated rings. The van der Waals surface area contributed by atoms with Crippen LogP contribution in [-0.4, -0.2) is 58.2 Å². The number of ether oxygens (including phenoxy) is 2. The predicted molar refractivity (Wildman–Crippen MR) is 128 cm³/mol. The van der Waals surface area contributed by atoms with Gasteiger partial charge in [-0.05, 0) is 35.2 Å². The van der Waals surface area contributed by atoms with Gasteiger partial charge in [-0.25, -0.2) is 4.98 Å². The van der Waals surface area contributed by atoms with Crippen molar-refractivity contribution >= 4 is 22.3 Å². The highest BCUT2D eigenvalue weighted by molar-refractivity contribution is 5.97. The molecule has 8 nitrogen and oxygen atoms in total. The number of aromatic nitrogens is 3. The maximum absolute atomic E-state index is 10.7. The highest BCUT2D eigenvalue weighted by Gasteiger charge is 2.32. The zero-order valence-corrected chi connectivity index (χ0v) is 18.9. The normalized spacial score (nSPS) is 15.4. The first-order valence-corrected chi connectivity index (χ1v) is 10.8. The van der Waals surface area contributed by atoms with Crippen LogP contribution in [0.2, 0.25) is 0 Å². The molecule has 1 aliphatic heterocycles. The van der Waals surface area contributed by atoms with Gasteiger partial charge < -0.3 is 19.9 Å². The molecule has 2 aromatic carbocycles. The number of likely N-dealkylation sites (tertiary alicyclic amines) is 1. The van der Waals surface area contributed by atoms with E-state index >= 15 is 0 Å². The summed E-state index contributed by atoms with van der Waals surface area (Å²) in [5, 5.41) is 20.7. The zero-order valence-electron chi connectivity index (χ0n) is 18.9. The SMILES string of the molecule is COc1cc(C(O)N2CC(OC)C2)ccc1Nc1cc2c(-c3ccn(C)n3)cccc2cn1. The number of hydrogen-bond donors (Lipinski definition) is 2. The molecule has 3 heterocycles. The highest BCUT2D eigenvalue weighted by atomic mass is 16.5. The van der Waals surface area contributed by atoms with Gasteiger partial charge >= 0.3 is 0 Å². The molecule has 33 heavy (non-hydrogen) atoms. The lowest BCUT2D eigenvalue weighted by atomic mass is 10.0. The van der Waals surface area contributed by atoms with E-state index in [0.29, 0.717) is 24.7 Å². The summed E-state index contributed by atoms with van der Waals surface area (Å²) in [5.41, 5.74) is 3.51. The van der Waals surface area contributed by atoms with Crippen LogP contribution in [0.1, 0.15) is 11.8 Å². The van der Waals surface area contributed by atoms with Gasteiger partial charge in [-0.2, -0.15) is 5.10 Å². The van der Waals surface area contributed by atoms with Crippen LogP contribution in [0.25, 0.3) is 22.0 Å². The molecule has 0 saturated carbocycles. The quantitative estimate of drug-likeness (QED) is 0.449. The molecule has 0 bridgehead atoms. The number of fused-ring (bicyclic) bond motifs is 1. The van der Waals surface area contributed by atoms with Gasteiger partial charge in [0, 0.05) is 50.6 Å². The van der Waals surface area contributed by atoms with Gasteiger partial charge in [-0.3, -0.25) is 9.58 Å². The van der Waals surface area contributed by atoms with Gasteiger partial charge in [-0.1, -0.05) is 24.3 Å². The predicted octanol–water partition coefficient (Wildman–Crippen LogP) is 3.71. The topological polar surface area (TPSA) is 84.7 Å². The van der Waals surface area contributed by atoms with E-state index in [2.05, 4.69) is 21.5 Å². The van der Waals surface area contributed by atoms with Gasteiger partial charge in [0.25, 0.3) is 0 Å². The van der Waals surface area contributed by atoms with Gasteiger partial charge in [0.2, 0.25) is 0 Å². The number of aryl methyl sites for hydroxylation is 1. The second-order valence-electron chi connectivity index (χ2n) is 8.24. The molecule has 4 aromatic rings. The molecule has 1 saturated heterocycles. The lowest BCUT2D eigenvalue weighted by molar-refractivity contribution is -0.114. The van der Waals surface area contributed by atoms with E-state index in [1.807, 2.05) is 66.8 Å². The lowest BCUT2D eigenvalue weighted by Gasteiger charge is -2.41. The van der Waals surface area contributed by atoms with Gasteiger partial charge in [0.05, 0.1) is 24.6 Å². The van der Waals surface area contributed by atoms with Crippen LogP contribution in [0.15, 0.2) is 60.9 Å². The van der Waals surface area contributed by atoms with Crippen molar-refractivity contribution in [2.24, 2.45) is 7.05 Å². The number of methoxy groups -OCH3 is 2. The minimum Gasteiger partial charge on any atom is -0.495 e. The third kappa shape index (κ3) is 4.16. The Bertz CT molecular complexity index is 1280. The van der Waals surface area contributed by atoms with Gasteiger partial charge in [0.1, 0.15) is 17.8 Å². The fourth-order valence-electron chi connectivity index (χ4n) is 4.16. The number of pyridine rings is 1. The second-order valence-corrected chi connectivity index (χ2v) is 8.24. The van der Waals surface area contributed by atoms with E-state index in [1.54, 1.807) is 18.9 Å². The third-order valence-corrected chi connectivity index (χ3v) is 6.10. The largest absolute Gasteiger partial charge is 0.495 e. The monoisotopic (exact) mass is 445 g/mol. The maximum atomic E-state index is 10.7. The van der Waals surface area contributed by atoms with Crippen molar-refractivity contribution in [1.82, 2.24) is 19.7 Å². The van der Waals surface area contributed by atoms with Crippen molar-refractivity contribution in [3.63, 3.8) is 0 Å². The first kappa shape index (κ1) is 21.4. The van der Waals surface area contributed by atoms with Gasteiger partial charge in [0.15, 0.2) is 0 Å². The van der Waals surface area contributed by atoms with E-state index in [1.165, 1.54) is 0 Å². The molecule has 0 radical (unpaired) electrons. The Morgan fingerprint density at radius 3 is 2.70 bits per heavy atom. The molecule has 8 heteroatoms. The van der Waals surface area contributed by atoms with Crippen molar-refractivity contribution < 1.29 is 14.6 Å². The molecule has 0 amide bonds. The summed E-state index contributed by atoms with van der Waals surface area (Å²) in [7, 11) is 5.22. The van der Waals surface area contributed by atoms with Crippen LogP contribution in [0.5, 0.6) is 5.75 Å². The number of hydrogen-bond acceptors (Lipinski definition) is 7. The summed E-state index contributed by atoms with van der Waals surface area (Å²) in [6.07, 6.45) is 3.27. The van der Waals surface area contributed by atoms with Crippen molar-refractivity contribution in [2.45, 2.75) is 12.3 Å². The van der Waals surface area contributed by atoms with E-state index in [9.17, 15) is 5.11 Å². The van der Waals surface area contributed by atoms with Crippen molar-refractivity contribution in [3.05, 3.63) is 66.5 Å². The number of aliphatic hydroxyl groups excluding tert-OH is 1. The molecule has 5 rings (SSSR count). The summed E-state index contributed by atoms with van der Waals surface area (Å²) < 4.78 is 12.7. The summed E-state index contributed by atoms with van der Waals surface area (Å²) in [6.45, 7) is 1.42. The minimum atomic E-state index is -0.695. The van der Waals surface area contributed by atoms with Crippen LogP contribution in [-0.2, 0) is 11.8 Å². The van der Waals surface area contributed by atoms with Crippen LogP contribution in [0, 0.1) is 0 Å². The van der Waals surface area contributed by atoms with Crippen LogP contribution < -0.4 is 10.1 Å². The van der Waals surface area contributed by atoms with E-state index < -0.39 is 6.23 Å². The minimum absolute atomic E-state index is 0.178. The molecular formula is C25H27N5O3. The molecular weight excluding hydrogens is 418 g/mol. The molecule has 0 aliphatic carbocycles. The smallest absolute Gasteiger partial charge is 0.142 e. The van der Waals surface area contributed by atoms with E-state index in [4.69, 9.17) is 9.47 Å². The first-order chi connectivity index (χ1) is 16.1. The summed E-state index contributed by atoms with van der Waals surface area (Å²) in [4.78, 5) is 6.54. The lowest BCUT2D eigenvalue weighted by Crippen LogP contribution is -2.53. The number of nitrogens with one attached hydrogen (secondary N) is 1. The van der Waals surface area contributed by atoms with Crippen LogP contribution >= 0.6 is 0 Å². The van der Waals surface area contributed by atoms with Crippen molar-refractivity contribution in [3.8, 4) is 17.0 Å². The Morgan fingerprint density at radius 1 is 1.12 bits per heavy atom. The number of benzene rings is 2. The number of rotatable bonds is 7. The van der Waals surface area contributed by atoms with Crippen LogP contribution in [0.4, 0.5) is 11.5 Å². The Hall–Kier alpha value is -3.46. The average Bonchev–Trinajstić information content (AvgIpc) is 3.24.